The number of rotatable bonds is 3. The molecule has 0 radical (unpaired) electrons. The zero-order chi connectivity index (χ0) is 23.9. The summed E-state index contributed by atoms with van der Waals surface area (Å²) < 4.78 is 38.3. The molecular formula is C24H29ClF2O5. The summed E-state index contributed by atoms with van der Waals surface area (Å²) in [4.78, 5) is 37.1. The van der Waals surface area contributed by atoms with Crippen molar-refractivity contribution in [1.29, 1.82) is 0 Å². The van der Waals surface area contributed by atoms with Gasteiger partial charge >= 0.3 is 5.97 Å². The molecule has 0 saturated heterocycles. The van der Waals surface area contributed by atoms with Crippen LogP contribution in [0.25, 0.3) is 0 Å². The van der Waals surface area contributed by atoms with Crippen LogP contribution >= 0.6 is 11.6 Å². The predicted molar refractivity (Wildman–Crippen MR) is 113 cm³/mol. The highest BCUT2D eigenvalue weighted by Crippen LogP contribution is 2.71. The third kappa shape index (κ3) is 2.61. The molecule has 4 aliphatic carbocycles. The van der Waals surface area contributed by atoms with E-state index in [1.165, 1.54) is 26.0 Å². The van der Waals surface area contributed by atoms with Crippen molar-refractivity contribution in [2.75, 3.05) is 5.88 Å². The van der Waals surface area contributed by atoms with E-state index in [1.54, 1.807) is 13.8 Å². The second kappa shape index (κ2) is 7.20. The van der Waals surface area contributed by atoms with E-state index in [4.69, 9.17) is 16.3 Å². The summed E-state index contributed by atoms with van der Waals surface area (Å²) in [6, 6.07) is 0. The Balaban J connectivity index is 1.89. The van der Waals surface area contributed by atoms with E-state index in [0.29, 0.717) is 6.42 Å². The van der Waals surface area contributed by atoms with Crippen molar-refractivity contribution >= 4 is 29.1 Å². The maximum absolute atomic E-state index is 17.1. The number of allylic oxidation sites excluding steroid dienone is 4. The van der Waals surface area contributed by atoms with Crippen molar-refractivity contribution in [3.05, 3.63) is 23.8 Å². The van der Waals surface area contributed by atoms with Gasteiger partial charge in [0.1, 0.15) is 6.17 Å². The molecule has 2 unspecified atom stereocenters. The Labute approximate surface area is 191 Å². The largest absolute Gasteiger partial charge is 0.450 e. The topological polar surface area (TPSA) is 80.7 Å². The van der Waals surface area contributed by atoms with Crippen LogP contribution in [0, 0.1) is 28.6 Å². The van der Waals surface area contributed by atoms with Crippen LogP contribution in [0.3, 0.4) is 0 Å². The lowest BCUT2D eigenvalue weighted by atomic mass is 9.44. The Morgan fingerprint density at radius 2 is 1.94 bits per heavy atom. The highest BCUT2D eigenvalue weighted by atomic mass is 35.5. The van der Waals surface area contributed by atoms with Gasteiger partial charge in [-0.25, -0.2) is 8.78 Å². The van der Waals surface area contributed by atoms with E-state index in [9.17, 15) is 19.5 Å². The quantitative estimate of drug-likeness (QED) is 0.503. The average Bonchev–Trinajstić information content (AvgIpc) is 2.92. The van der Waals surface area contributed by atoms with Crippen LogP contribution in [0.2, 0.25) is 0 Å². The molecule has 0 aromatic rings. The molecule has 0 aromatic heterocycles. The average molecular weight is 471 g/mol. The van der Waals surface area contributed by atoms with Crippen LogP contribution in [0.15, 0.2) is 23.8 Å². The van der Waals surface area contributed by atoms with E-state index in [1.807, 2.05) is 0 Å². The van der Waals surface area contributed by atoms with Crippen molar-refractivity contribution in [3.63, 3.8) is 0 Å². The number of hydrogen-bond acceptors (Lipinski definition) is 5. The molecule has 4 aliphatic rings. The molecule has 0 aliphatic heterocycles. The number of ether oxygens (including phenoxy) is 1. The van der Waals surface area contributed by atoms with Gasteiger partial charge in [0.15, 0.2) is 22.8 Å². The van der Waals surface area contributed by atoms with Crippen molar-refractivity contribution in [3.8, 4) is 0 Å². The minimum Gasteiger partial charge on any atom is -0.450 e. The summed E-state index contributed by atoms with van der Waals surface area (Å²) >= 11 is 5.93. The van der Waals surface area contributed by atoms with Crippen molar-refractivity contribution in [2.45, 2.75) is 70.5 Å². The maximum atomic E-state index is 17.1. The molecule has 0 amide bonds. The second-order valence-electron chi connectivity index (χ2n) is 10.4. The number of aliphatic hydroxyl groups is 1. The molecule has 4 rings (SSSR count). The Bertz CT molecular complexity index is 949. The molecule has 176 valence electrons. The summed E-state index contributed by atoms with van der Waals surface area (Å²) in [5, 5.41) is 11.3. The Morgan fingerprint density at radius 3 is 2.53 bits per heavy atom. The van der Waals surface area contributed by atoms with Gasteiger partial charge in [0.2, 0.25) is 0 Å². The molecule has 0 spiro atoms. The third-order valence-electron chi connectivity index (χ3n) is 9.01. The van der Waals surface area contributed by atoms with E-state index < -0.39 is 75.5 Å². The lowest BCUT2D eigenvalue weighted by Crippen LogP contribution is -2.71. The Kier molecular flexibility index (Phi) is 5.30. The van der Waals surface area contributed by atoms with Gasteiger partial charge in [-0.3, -0.25) is 14.4 Å². The van der Waals surface area contributed by atoms with Gasteiger partial charge in [-0.05, 0) is 49.8 Å². The molecular weight excluding hydrogens is 442 g/mol. The van der Waals surface area contributed by atoms with E-state index in [0.717, 1.165) is 6.08 Å². The number of aliphatic hydroxyl groups excluding tert-OH is 1. The Morgan fingerprint density at radius 1 is 1.28 bits per heavy atom. The third-order valence-corrected chi connectivity index (χ3v) is 9.25. The number of esters is 1. The van der Waals surface area contributed by atoms with Crippen LogP contribution in [-0.4, -0.2) is 52.1 Å². The van der Waals surface area contributed by atoms with Gasteiger partial charge in [-0.15, -0.1) is 11.6 Å². The summed E-state index contributed by atoms with van der Waals surface area (Å²) in [7, 11) is 0. The fourth-order valence-electron chi connectivity index (χ4n) is 7.72. The van der Waals surface area contributed by atoms with Gasteiger partial charge in [-0.1, -0.05) is 19.9 Å². The van der Waals surface area contributed by atoms with Crippen molar-refractivity contribution in [2.24, 2.45) is 28.6 Å². The molecule has 8 heteroatoms. The van der Waals surface area contributed by atoms with Crippen LogP contribution in [0.4, 0.5) is 8.78 Å². The van der Waals surface area contributed by atoms with Crippen molar-refractivity contribution < 1.29 is 33.0 Å². The Hall–Kier alpha value is -1.60. The molecule has 3 saturated carbocycles. The zero-order valence-electron chi connectivity index (χ0n) is 18.7. The standard InChI is InChI=1S/C24H29ClF2O5/c1-12-7-15-16-9-18(26)17-8-14(29)5-6-21(17,3)23(16,27)19(30)10-22(15,4)24(12,20(31)11-25)32-13(2)28/h5-6,8,12,15-16,18-19,30H,7,9-11H2,1-4H3/t12-,15?,16?,18-,19-,21-,22-,23-,24-/m0/s1. The lowest BCUT2D eigenvalue weighted by Gasteiger charge is -2.63. The summed E-state index contributed by atoms with van der Waals surface area (Å²) in [5.74, 6) is -3.95. The number of hydrogen-bond donors (Lipinski definition) is 1. The summed E-state index contributed by atoms with van der Waals surface area (Å²) in [6.45, 7) is 6.20. The van der Waals surface area contributed by atoms with Gasteiger partial charge in [0.25, 0.3) is 0 Å². The minimum absolute atomic E-state index is 0.0422. The fourth-order valence-corrected chi connectivity index (χ4v) is 7.92. The van der Waals surface area contributed by atoms with Crippen LogP contribution in [-0.2, 0) is 19.1 Å². The first-order valence-corrected chi connectivity index (χ1v) is 11.6. The fraction of sp³-hybridized carbons (Fsp3) is 0.708. The molecule has 0 heterocycles. The molecule has 9 atom stereocenters. The predicted octanol–water partition coefficient (Wildman–Crippen LogP) is 3.66. The number of alkyl halides is 3. The second-order valence-corrected chi connectivity index (χ2v) is 10.6. The summed E-state index contributed by atoms with van der Waals surface area (Å²) in [6.07, 6.45) is 0.520. The number of Topliss-reactive ketones (excluding diaryl/α,β-unsaturated/α-hetero) is 1. The smallest absolute Gasteiger partial charge is 0.303 e. The molecule has 1 N–H and O–H groups in total. The first-order valence-electron chi connectivity index (χ1n) is 11.0. The van der Waals surface area contributed by atoms with Crippen LogP contribution in [0.5, 0.6) is 0 Å². The molecule has 3 fully saturated rings. The van der Waals surface area contributed by atoms with Gasteiger partial charge < -0.3 is 9.84 Å². The SMILES string of the molecule is CC(=O)O[C@]1(C(=O)CCl)[C@@H](C)CC2C3C[C@H](F)C4=CC(=O)C=C[C@]4(C)[C@@]3(F)[C@@H](O)C[C@@]21C. The van der Waals surface area contributed by atoms with Gasteiger partial charge in [0, 0.05) is 29.6 Å². The molecule has 0 aromatic carbocycles. The number of halogens is 3. The number of fused-ring (bicyclic) bond motifs is 5. The van der Waals surface area contributed by atoms with Crippen LogP contribution < -0.4 is 0 Å². The maximum Gasteiger partial charge on any atom is 0.303 e. The molecule has 32 heavy (non-hydrogen) atoms. The van der Waals surface area contributed by atoms with Crippen LogP contribution in [0.1, 0.15) is 47.0 Å². The van der Waals surface area contributed by atoms with Gasteiger partial charge in [-0.2, -0.15) is 0 Å². The highest BCUT2D eigenvalue weighted by molar-refractivity contribution is 6.29. The number of ketones is 2. The lowest BCUT2D eigenvalue weighted by molar-refractivity contribution is -0.229. The van der Waals surface area contributed by atoms with Crippen molar-refractivity contribution in [1.82, 2.24) is 0 Å². The number of carbonyl (C=O) groups is 3. The van der Waals surface area contributed by atoms with E-state index in [-0.39, 0.29) is 18.4 Å². The molecule has 5 nitrogen and oxygen atoms in total. The summed E-state index contributed by atoms with van der Waals surface area (Å²) in [5.41, 5.74) is -6.47. The zero-order valence-corrected chi connectivity index (χ0v) is 19.4. The first-order chi connectivity index (χ1) is 14.8. The van der Waals surface area contributed by atoms with Gasteiger partial charge in [0.05, 0.1) is 12.0 Å². The number of carbonyl (C=O) groups excluding carboxylic acids is 3. The first kappa shape index (κ1) is 23.6. The minimum atomic E-state index is -2.25. The molecule has 0 bridgehead atoms. The highest BCUT2D eigenvalue weighted by Gasteiger charge is 2.77. The van der Waals surface area contributed by atoms with E-state index in [2.05, 4.69) is 0 Å². The monoisotopic (exact) mass is 470 g/mol. The normalized spacial score (nSPS) is 49.6. The van der Waals surface area contributed by atoms with E-state index >= 15 is 8.78 Å².